The molecule has 1 unspecified atom stereocenters. The number of hydrogen-bond donors (Lipinski definition) is 0. The molecule has 62 valence electrons. The van der Waals surface area contributed by atoms with E-state index in [-0.39, 0.29) is 0 Å². The van der Waals surface area contributed by atoms with Gasteiger partial charge in [-0.15, -0.1) is 0 Å². The number of benzene rings is 1. The molecule has 0 saturated carbocycles. The monoisotopic (exact) mass is 159 g/mol. The SMILES string of the molecule is Cc1ccc2c(c1)C(C)CN=C2. The first-order valence-electron chi connectivity index (χ1n) is 4.38. The molecule has 1 aliphatic rings. The van der Waals surface area contributed by atoms with Crippen LogP contribution in [0.25, 0.3) is 0 Å². The fourth-order valence-corrected chi connectivity index (χ4v) is 1.65. The lowest BCUT2D eigenvalue weighted by Crippen LogP contribution is -2.07. The zero-order valence-corrected chi connectivity index (χ0v) is 7.54. The van der Waals surface area contributed by atoms with E-state index in [9.17, 15) is 0 Å². The smallest absolute Gasteiger partial charge is 0.0455 e. The van der Waals surface area contributed by atoms with Gasteiger partial charge in [0.05, 0.1) is 0 Å². The van der Waals surface area contributed by atoms with E-state index >= 15 is 0 Å². The van der Waals surface area contributed by atoms with Crippen molar-refractivity contribution in [2.45, 2.75) is 19.8 Å². The molecule has 1 aliphatic heterocycles. The molecule has 0 radical (unpaired) electrons. The van der Waals surface area contributed by atoms with Gasteiger partial charge in [-0.2, -0.15) is 0 Å². The van der Waals surface area contributed by atoms with E-state index < -0.39 is 0 Å². The second-order valence-electron chi connectivity index (χ2n) is 3.53. The molecule has 0 N–H and O–H groups in total. The van der Waals surface area contributed by atoms with Gasteiger partial charge in [-0.1, -0.05) is 30.7 Å². The van der Waals surface area contributed by atoms with E-state index in [4.69, 9.17) is 0 Å². The van der Waals surface area contributed by atoms with Crippen LogP contribution in [0.15, 0.2) is 23.2 Å². The molecule has 1 nitrogen and oxygen atoms in total. The van der Waals surface area contributed by atoms with Gasteiger partial charge in [-0.3, -0.25) is 4.99 Å². The fraction of sp³-hybridized carbons (Fsp3) is 0.364. The molecule has 0 fully saturated rings. The molecule has 1 heterocycles. The van der Waals surface area contributed by atoms with Gasteiger partial charge in [-0.05, 0) is 18.1 Å². The third-order valence-corrected chi connectivity index (χ3v) is 2.38. The second-order valence-corrected chi connectivity index (χ2v) is 3.53. The summed E-state index contributed by atoms with van der Waals surface area (Å²) in [6, 6.07) is 6.57. The van der Waals surface area contributed by atoms with Gasteiger partial charge in [0.15, 0.2) is 0 Å². The van der Waals surface area contributed by atoms with Crippen molar-refractivity contribution in [3.05, 3.63) is 34.9 Å². The molecular formula is C11H13N. The Bertz CT molecular complexity index is 326. The number of aryl methyl sites for hydroxylation is 1. The van der Waals surface area contributed by atoms with E-state index in [1.165, 1.54) is 16.7 Å². The summed E-state index contributed by atoms with van der Waals surface area (Å²) in [4.78, 5) is 4.30. The molecule has 1 aromatic carbocycles. The van der Waals surface area contributed by atoms with Crippen molar-refractivity contribution in [1.82, 2.24) is 0 Å². The largest absolute Gasteiger partial charge is 0.292 e. The molecule has 1 heteroatoms. The van der Waals surface area contributed by atoms with Gasteiger partial charge in [0.25, 0.3) is 0 Å². The Morgan fingerprint density at radius 3 is 3.08 bits per heavy atom. The number of fused-ring (bicyclic) bond motifs is 1. The van der Waals surface area contributed by atoms with Gasteiger partial charge in [0.2, 0.25) is 0 Å². The van der Waals surface area contributed by atoms with Crippen molar-refractivity contribution in [3.8, 4) is 0 Å². The summed E-state index contributed by atoms with van der Waals surface area (Å²) < 4.78 is 0. The zero-order chi connectivity index (χ0) is 8.55. The quantitative estimate of drug-likeness (QED) is 0.551. The Balaban J connectivity index is 2.56. The van der Waals surface area contributed by atoms with Crippen LogP contribution in [0.3, 0.4) is 0 Å². The summed E-state index contributed by atoms with van der Waals surface area (Å²) in [6.07, 6.45) is 1.98. The number of aliphatic imine (C=N–C) groups is 1. The molecule has 1 aromatic rings. The van der Waals surface area contributed by atoms with E-state index in [1.54, 1.807) is 0 Å². The molecule has 0 saturated heterocycles. The van der Waals surface area contributed by atoms with Crippen LogP contribution in [-0.4, -0.2) is 12.8 Å². The lowest BCUT2D eigenvalue weighted by Gasteiger charge is -2.17. The molecule has 2 rings (SSSR count). The van der Waals surface area contributed by atoms with Gasteiger partial charge in [0.1, 0.15) is 0 Å². The van der Waals surface area contributed by atoms with Crippen molar-refractivity contribution in [1.29, 1.82) is 0 Å². The highest BCUT2D eigenvalue weighted by atomic mass is 14.7. The van der Waals surface area contributed by atoms with Crippen LogP contribution in [0.2, 0.25) is 0 Å². The maximum absolute atomic E-state index is 4.30. The van der Waals surface area contributed by atoms with Crippen molar-refractivity contribution < 1.29 is 0 Å². The first-order chi connectivity index (χ1) is 5.77. The zero-order valence-electron chi connectivity index (χ0n) is 7.54. The highest BCUT2D eigenvalue weighted by Crippen LogP contribution is 2.23. The van der Waals surface area contributed by atoms with Crippen LogP contribution in [-0.2, 0) is 0 Å². The third-order valence-electron chi connectivity index (χ3n) is 2.38. The highest BCUT2D eigenvalue weighted by Gasteiger charge is 2.12. The predicted octanol–water partition coefficient (Wildman–Crippen LogP) is 2.53. The normalized spacial score (nSPS) is 20.7. The Morgan fingerprint density at radius 2 is 2.25 bits per heavy atom. The number of nitrogens with zero attached hydrogens (tertiary/aromatic N) is 1. The highest BCUT2D eigenvalue weighted by molar-refractivity contribution is 5.83. The number of rotatable bonds is 0. The van der Waals surface area contributed by atoms with Crippen LogP contribution in [0.4, 0.5) is 0 Å². The Kier molecular flexibility index (Phi) is 1.72. The summed E-state index contributed by atoms with van der Waals surface area (Å²) >= 11 is 0. The molecule has 1 atom stereocenters. The molecular weight excluding hydrogens is 146 g/mol. The summed E-state index contributed by atoms with van der Waals surface area (Å²) in [5.41, 5.74) is 4.08. The third kappa shape index (κ3) is 1.15. The average Bonchev–Trinajstić information content (AvgIpc) is 2.07. The van der Waals surface area contributed by atoms with Crippen molar-refractivity contribution >= 4 is 6.21 Å². The Morgan fingerprint density at radius 1 is 1.42 bits per heavy atom. The van der Waals surface area contributed by atoms with E-state index in [2.05, 4.69) is 37.0 Å². The molecule has 0 bridgehead atoms. The van der Waals surface area contributed by atoms with Gasteiger partial charge in [0, 0.05) is 18.7 Å². The van der Waals surface area contributed by atoms with Crippen LogP contribution >= 0.6 is 0 Å². The minimum absolute atomic E-state index is 0.588. The summed E-state index contributed by atoms with van der Waals surface area (Å²) in [5, 5.41) is 0. The first kappa shape index (κ1) is 7.53. The van der Waals surface area contributed by atoms with E-state index in [1.807, 2.05) is 6.21 Å². The molecule has 0 spiro atoms. The Labute approximate surface area is 73.1 Å². The van der Waals surface area contributed by atoms with Crippen LogP contribution in [0.1, 0.15) is 29.5 Å². The van der Waals surface area contributed by atoms with Gasteiger partial charge in [-0.25, -0.2) is 0 Å². The Hall–Kier alpha value is -1.11. The maximum Gasteiger partial charge on any atom is 0.0455 e. The minimum Gasteiger partial charge on any atom is -0.292 e. The average molecular weight is 159 g/mol. The van der Waals surface area contributed by atoms with Crippen LogP contribution < -0.4 is 0 Å². The van der Waals surface area contributed by atoms with Crippen molar-refractivity contribution in [3.63, 3.8) is 0 Å². The van der Waals surface area contributed by atoms with Crippen LogP contribution in [0, 0.1) is 6.92 Å². The topological polar surface area (TPSA) is 12.4 Å². The summed E-state index contributed by atoms with van der Waals surface area (Å²) in [6.45, 7) is 5.31. The van der Waals surface area contributed by atoms with Crippen molar-refractivity contribution in [2.75, 3.05) is 6.54 Å². The minimum atomic E-state index is 0.588. The fourth-order valence-electron chi connectivity index (χ4n) is 1.65. The lowest BCUT2D eigenvalue weighted by molar-refractivity contribution is 0.764. The molecule has 0 aliphatic carbocycles. The van der Waals surface area contributed by atoms with E-state index in [0.717, 1.165) is 6.54 Å². The standard InChI is InChI=1S/C11H13N/c1-8-3-4-10-7-12-6-9(2)11(10)5-8/h3-5,7,9H,6H2,1-2H3. The summed E-state index contributed by atoms with van der Waals surface area (Å²) in [5.74, 6) is 0.588. The van der Waals surface area contributed by atoms with Crippen molar-refractivity contribution in [2.24, 2.45) is 4.99 Å². The van der Waals surface area contributed by atoms with E-state index in [0.29, 0.717) is 5.92 Å². The predicted molar refractivity (Wildman–Crippen MR) is 52.1 cm³/mol. The molecule has 0 amide bonds. The second kappa shape index (κ2) is 2.74. The number of hydrogen-bond acceptors (Lipinski definition) is 1. The summed E-state index contributed by atoms with van der Waals surface area (Å²) in [7, 11) is 0. The maximum atomic E-state index is 4.30. The molecule has 12 heavy (non-hydrogen) atoms. The lowest BCUT2D eigenvalue weighted by atomic mass is 9.93. The van der Waals surface area contributed by atoms with Crippen LogP contribution in [0.5, 0.6) is 0 Å². The molecule has 0 aromatic heterocycles. The van der Waals surface area contributed by atoms with Gasteiger partial charge < -0.3 is 0 Å². The van der Waals surface area contributed by atoms with Gasteiger partial charge >= 0.3 is 0 Å². The first-order valence-corrected chi connectivity index (χ1v) is 4.38.